The number of aromatic nitrogens is 1. The quantitative estimate of drug-likeness (QED) is 0.812. The number of hydrogen-bond donors (Lipinski definition) is 2. The highest BCUT2D eigenvalue weighted by Gasteiger charge is 2.14. The van der Waals surface area contributed by atoms with E-state index in [1.54, 1.807) is 19.9 Å². The highest BCUT2D eigenvalue weighted by Crippen LogP contribution is 2.19. The Balaban J connectivity index is 1.75. The van der Waals surface area contributed by atoms with Crippen LogP contribution in [0.25, 0.3) is 0 Å². The zero-order chi connectivity index (χ0) is 17.0. The molecule has 0 aliphatic heterocycles. The Morgan fingerprint density at radius 2 is 1.91 bits per heavy atom. The number of hydrogen-bond acceptors (Lipinski definition) is 6. The number of furan rings is 1. The summed E-state index contributed by atoms with van der Waals surface area (Å²) < 4.78 is 10.3. The molecule has 0 fully saturated rings. The van der Waals surface area contributed by atoms with Gasteiger partial charge in [0, 0.05) is 11.3 Å². The van der Waals surface area contributed by atoms with Crippen molar-refractivity contribution in [3.05, 3.63) is 40.2 Å². The molecule has 0 radical (unpaired) electrons. The molecule has 2 rings (SSSR count). The molecule has 0 aromatic carbocycles. The Labute approximate surface area is 138 Å². The number of aryl methyl sites for hydroxylation is 4. The molecule has 2 heterocycles. The minimum atomic E-state index is -0.400. The van der Waals surface area contributed by atoms with Crippen LogP contribution in [-0.4, -0.2) is 22.7 Å². The molecule has 8 heteroatoms. The summed E-state index contributed by atoms with van der Waals surface area (Å²) in [5, 5.41) is 3.86. The maximum atomic E-state index is 11.9. The smallest absolute Gasteiger partial charge is 0.273 e. The molecule has 0 bridgehead atoms. The first-order valence-electron chi connectivity index (χ1n) is 7.04. The Morgan fingerprint density at radius 1 is 1.17 bits per heavy atom. The third kappa shape index (κ3) is 4.38. The number of amides is 2. The minimum Gasteiger partial charge on any atom is -0.466 e. The maximum absolute atomic E-state index is 11.9. The third-order valence-electron chi connectivity index (χ3n) is 3.26. The van der Waals surface area contributed by atoms with Crippen molar-refractivity contribution >= 4 is 23.6 Å². The second-order valence-corrected chi connectivity index (χ2v) is 6.11. The van der Waals surface area contributed by atoms with Crippen LogP contribution in [0.4, 0.5) is 0 Å². The Kier molecular flexibility index (Phi) is 5.49. The lowest BCUT2D eigenvalue weighted by Gasteiger charge is -2.06. The molecule has 0 spiro atoms. The van der Waals surface area contributed by atoms with Crippen LogP contribution < -0.4 is 10.9 Å². The fourth-order valence-corrected chi connectivity index (χ4v) is 3.02. The summed E-state index contributed by atoms with van der Waals surface area (Å²) in [6, 6.07) is 1.63. The summed E-state index contributed by atoms with van der Waals surface area (Å²) in [6.07, 6.45) is 0. The number of thioether (sulfide) groups is 1. The summed E-state index contributed by atoms with van der Waals surface area (Å²) in [5.41, 5.74) is 7.00. The van der Waals surface area contributed by atoms with E-state index < -0.39 is 5.91 Å². The van der Waals surface area contributed by atoms with Gasteiger partial charge in [0.1, 0.15) is 17.3 Å². The predicted molar refractivity (Wildman–Crippen MR) is 85.9 cm³/mol. The third-order valence-corrected chi connectivity index (χ3v) is 4.22. The van der Waals surface area contributed by atoms with Crippen LogP contribution >= 0.6 is 11.8 Å². The summed E-state index contributed by atoms with van der Waals surface area (Å²) >= 11 is 1.42. The molecule has 0 unspecified atom stereocenters. The Hall–Kier alpha value is -2.22. The normalized spacial score (nSPS) is 10.6. The highest BCUT2D eigenvalue weighted by molar-refractivity contribution is 7.99. The first-order chi connectivity index (χ1) is 10.9. The molecule has 2 aromatic heterocycles. The fraction of sp³-hybridized carbons (Fsp3) is 0.400. The second kappa shape index (κ2) is 7.36. The van der Waals surface area contributed by atoms with Gasteiger partial charge in [0.2, 0.25) is 5.91 Å². The fourth-order valence-electron chi connectivity index (χ4n) is 2.04. The van der Waals surface area contributed by atoms with Gasteiger partial charge in [-0.3, -0.25) is 20.4 Å². The van der Waals surface area contributed by atoms with Crippen molar-refractivity contribution in [2.75, 3.05) is 5.75 Å². The van der Waals surface area contributed by atoms with E-state index in [0.29, 0.717) is 22.8 Å². The molecule has 124 valence electrons. The van der Waals surface area contributed by atoms with Gasteiger partial charge in [-0.25, -0.2) is 0 Å². The second-order valence-electron chi connectivity index (χ2n) is 5.12. The average molecular weight is 337 g/mol. The van der Waals surface area contributed by atoms with Crippen LogP contribution in [0.3, 0.4) is 0 Å². The molecule has 0 aliphatic rings. The molecular formula is C15H19N3O4S. The van der Waals surface area contributed by atoms with Gasteiger partial charge >= 0.3 is 0 Å². The number of carbonyl (C=O) groups excluding carboxylic acids is 2. The molecule has 2 N–H and O–H groups in total. The molecule has 0 saturated heterocycles. The largest absolute Gasteiger partial charge is 0.466 e. The Morgan fingerprint density at radius 3 is 2.48 bits per heavy atom. The van der Waals surface area contributed by atoms with Crippen LogP contribution in [0.5, 0.6) is 0 Å². The summed E-state index contributed by atoms with van der Waals surface area (Å²) in [5.74, 6) is 2.08. The first-order valence-corrected chi connectivity index (χ1v) is 8.19. The summed E-state index contributed by atoms with van der Waals surface area (Å²) in [4.78, 5) is 23.7. The van der Waals surface area contributed by atoms with Gasteiger partial charge in [0.25, 0.3) is 5.91 Å². The highest BCUT2D eigenvalue weighted by atomic mass is 32.2. The van der Waals surface area contributed by atoms with Gasteiger partial charge in [0.05, 0.1) is 17.0 Å². The molecule has 0 aliphatic carbocycles. The van der Waals surface area contributed by atoms with E-state index in [1.165, 1.54) is 11.8 Å². The topological polar surface area (TPSA) is 97.4 Å². The van der Waals surface area contributed by atoms with Gasteiger partial charge in [-0.2, -0.15) is 0 Å². The van der Waals surface area contributed by atoms with Crippen LogP contribution in [0.15, 0.2) is 15.0 Å². The number of nitrogens with zero attached hydrogens (tertiary/aromatic N) is 1. The molecule has 0 atom stereocenters. The van der Waals surface area contributed by atoms with Gasteiger partial charge in [-0.15, -0.1) is 11.8 Å². The monoisotopic (exact) mass is 337 g/mol. The number of hydrazine groups is 1. The van der Waals surface area contributed by atoms with E-state index in [0.717, 1.165) is 17.0 Å². The minimum absolute atomic E-state index is 0.216. The predicted octanol–water partition coefficient (Wildman–Crippen LogP) is 2.20. The number of carbonyl (C=O) groups is 2. The van der Waals surface area contributed by atoms with Crippen molar-refractivity contribution in [1.29, 1.82) is 0 Å². The van der Waals surface area contributed by atoms with E-state index in [1.807, 2.05) is 13.8 Å². The average Bonchev–Trinajstić information content (AvgIpc) is 3.00. The van der Waals surface area contributed by atoms with Gasteiger partial charge in [-0.05, 0) is 33.8 Å². The van der Waals surface area contributed by atoms with Gasteiger partial charge in [0.15, 0.2) is 0 Å². The van der Waals surface area contributed by atoms with Crippen molar-refractivity contribution in [3.8, 4) is 0 Å². The summed E-state index contributed by atoms with van der Waals surface area (Å²) in [7, 11) is 0. The molecular weight excluding hydrogens is 318 g/mol. The number of rotatable bonds is 5. The van der Waals surface area contributed by atoms with E-state index >= 15 is 0 Å². The zero-order valence-electron chi connectivity index (χ0n) is 13.5. The van der Waals surface area contributed by atoms with Crippen molar-refractivity contribution < 1.29 is 18.5 Å². The van der Waals surface area contributed by atoms with E-state index in [9.17, 15) is 9.59 Å². The van der Waals surface area contributed by atoms with Gasteiger partial charge in [-0.1, -0.05) is 5.16 Å². The van der Waals surface area contributed by atoms with Crippen LogP contribution in [0.1, 0.15) is 38.9 Å². The van der Waals surface area contributed by atoms with Crippen LogP contribution in [-0.2, 0) is 10.5 Å². The summed E-state index contributed by atoms with van der Waals surface area (Å²) in [6.45, 7) is 7.16. The molecule has 7 nitrogen and oxygen atoms in total. The lowest BCUT2D eigenvalue weighted by molar-refractivity contribution is -0.119. The van der Waals surface area contributed by atoms with E-state index in [-0.39, 0.29) is 11.7 Å². The van der Waals surface area contributed by atoms with Crippen LogP contribution in [0.2, 0.25) is 0 Å². The SMILES string of the molecule is Cc1cc(C(=O)NNC(=O)CSCc2c(C)noc2C)c(C)o1. The molecule has 2 amide bonds. The lowest BCUT2D eigenvalue weighted by Crippen LogP contribution is -2.42. The van der Waals surface area contributed by atoms with Crippen molar-refractivity contribution in [3.63, 3.8) is 0 Å². The van der Waals surface area contributed by atoms with E-state index in [2.05, 4.69) is 16.0 Å². The standard InChI is InChI=1S/C15H19N3O4S/c1-8-5-12(10(3)21-8)15(20)17-16-14(19)7-23-6-13-9(2)18-22-11(13)4/h5H,6-7H2,1-4H3,(H,16,19)(H,17,20). The van der Waals surface area contributed by atoms with Crippen molar-refractivity contribution in [2.24, 2.45) is 0 Å². The van der Waals surface area contributed by atoms with Crippen molar-refractivity contribution in [1.82, 2.24) is 16.0 Å². The molecule has 2 aromatic rings. The zero-order valence-corrected chi connectivity index (χ0v) is 14.3. The lowest BCUT2D eigenvalue weighted by atomic mass is 10.2. The maximum Gasteiger partial charge on any atom is 0.273 e. The van der Waals surface area contributed by atoms with Crippen molar-refractivity contribution in [2.45, 2.75) is 33.4 Å². The Bertz CT molecular complexity index is 701. The molecule has 0 saturated carbocycles. The first kappa shape index (κ1) is 17.1. The van der Waals surface area contributed by atoms with Gasteiger partial charge < -0.3 is 8.94 Å². The van der Waals surface area contributed by atoms with Crippen LogP contribution in [0, 0.1) is 27.7 Å². The number of nitrogens with one attached hydrogen (secondary N) is 2. The van der Waals surface area contributed by atoms with E-state index in [4.69, 9.17) is 8.94 Å². The molecule has 23 heavy (non-hydrogen) atoms.